The van der Waals surface area contributed by atoms with E-state index in [1.807, 2.05) is 12.1 Å². The molecule has 1 aliphatic heterocycles. The molecular weight excluding hydrogens is 234 g/mol. The molecule has 0 bridgehead atoms. The smallest absolute Gasteiger partial charge is 0.0574 e. The Bertz CT molecular complexity index is 381. The predicted molar refractivity (Wildman–Crippen MR) is 74.6 cm³/mol. The minimum atomic E-state index is 0.686. The van der Waals surface area contributed by atoms with Crippen LogP contribution < -0.4 is 11.1 Å². The SMILES string of the molecule is CN1CCC(CCNc2ccc(Cl)cc2N)C1. The van der Waals surface area contributed by atoms with Crippen molar-refractivity contribution in [3.63, 3.8) is 0 Å². The third-order valence-electron chi connectivity index (χ3n) is 3.37. The summed E-state index contributed by atoms with van der Waals surface area (Å²) in [4.78, 5) is 2.39. The number of likely N-dealkylation sites (tertiary alicyclic amines) is 1. The molecule has 1 aliphatic rings. The molecular formula is C13H20ClN3. The van der Waals surface area contributed by atoms with Gasteiger partial charge in [0.25, 0.3) is 0 Å². The maximum absolute atomic E-state index is 5.88. The van der Waals surface area contributed by atoms with Crippen LogP contribution >= 0.6 is 11.6 Å². The highest BCUT2D eigenvalue weighted by Crippen LogP contribution is 2.23. The lowest BCUT2D eigenvalue weighted by Gasteiger charge is -2.13. The number of anilines is 2. The van der Waals surface area contributed by atoms with Gasteiger partial charge in [0.05, 0.1) is 11.4 Å². The number of nitrogens with zero attached hydrogens (tertiary/aromatic N) is 1. The van der Waals surface area contributed by atoms with Crippen molar-refractivity contribution < 1.29 is 0 Å². The molecule has 1 aromatic carbocycles. The summed E-state index contributed by atoms with van der Waals surface area (Å²) in [5.74, 6) is 0.820. The fourth-order valence-electron chi connectivity index (χ4n) is 2.37. The number of rotatable bonds is 4. The topological polar surface area (TPSA) is 41.3 Å². The van der Waals surface area contributed by atoms with E-state index in [2.05, 4.69) is 17.3 Å². The van der Waals surface area contributed by atoms with E-state index >= 15 is 0 Å². The average Bonchev–Trinajstić information content (AvgIpc) is 2.68. The molecule has 17 heavy (non-hydrogen) atoms. The van der Waals surface area contributed by atoms with Crippen molar-refractivity contribution in [2.75, 3.05) is 37.7 Å². The molecule has 3 N–H and O–H groups in total. The Hall–Kier alpha value is -0.930. The summed E-state index contributed by atoms with van der Waals surface area (Å²) in [5, 5.41) is 4.07. The molecule has 0 aromatic heterocycles. The molecule has 0 amide bonds. The highest BCUT2D eigenvalue weighted by Gasteiger charge is 2.18. The van der Waals surface area contributed by atoms with Crippen LogP contribution in [-0.4, -0.2) is 31.6 Å². The minimum Gasteiger partial charge on any atom is -0.397 e. The molecule has 94 valence electrons. The largest absolute Gasteiger partial charge is 0.397 e. The lowest BCUT2D eigenvalue weighted by molar-refractivity contribution is 0.390. The molecule has 1 aromatic rings. The van der Waals surface area contributed by atoms with Crippen LogP contribution in [0, 0.1) is 5.92 Å². The van der Waals surface area contributed by atoms with Gasteiger partial charge < -0.3 is 16.0 Å². The molecule has 1 fully saturated rings. The van der Waals surface area contributed by atoms with Crippen molar-refractivity contribution >= 4 is 23.0 Å². The van der Waals surface area contributed by atoms with Gasteiger partial charge in [0, 0.05) is 18.1 Å². The molecule has 1 heterocycles. The maximum atomic E-state index is 5.88. The summed E-state index contributed by atoms with van der Waals surface area (Å²) in [7, 11) is 2.19. The number of benzene rings is 1. The van der Waals surface area contributed by atoms with Gasteiger partial charge in [-0.3, -0.25) is 0 Å². The first kappa shape index (κ1) is 12.5. The van der Waals surface area contributed by atoms with Crippen molar-refractivity contribution in [2.45, 2.75) is 12.8 Å². The van der Waals surface area contributed by atoms with Gasteiger partial charge >= 0.3 is 0 Å². The number of hydrogen-bond donors (Lipinski definition) is 2. The summed E-state index contributed by atoms with van der Waals surface area (Å²) >= 11 is 5.86. The van der Waals surface area contributed by atoms with Crippen LogP contribution in [0.1, 0.15) is 12.8 Å². The zero-order valence-electron chi connectivity index (χ0n) is 10.2. The van der Waals surface area contributed by atoms with Gasteiger partial charge in [-0.25, -0.2) is 0 Å². The van der Waals surface area contributed by atoms with Gasteiger partial charge in [0.2, 0.25) is 0 Å². The number of nitrogens with one attached hydrogen (secondary N) is 1. The normalized spacial score (nSPS) is 20.7. The van der Waals surface area contributed by atoms with E-state index in [9.17, 15) is 0 Å². The van der Waals surface area contributed by atoms with Crippen LogP contribution in [0.15, 0.2) is 18.2 Å². The zero-order chi connectivity index (χ0) is 12.3. The third kappa shape index (κ3) is 3.51. The van der Waals surface area contributed by atoms with E-state index in [0.717, 1.165) is 23.8 Å². The van der Waals surface area contributed by atoms with Crippen LogP contribution in [0.4, 0.5) is 11.4 Å². The molecule has 2 rings (SSSR count). The van der Waals surface area contributed by atoms with E-state index in [1.165, 1.54) is 25.9 Å². The van der Waals surface area contributed by atoms with E-state index in [-0.39, 0.29) is 0 Å². The van der Waals surface area contributed by atoms with E-state index < -0.39 is 0 Å². The first-order valence-corrected chi connectivity index (χ1v) is 6.50. The van der Waals surface area contributed by atoms with Crippen molar-refractivity contribution in [2.24, 2.45) is 5.92 Å². The van der Waals surface area contributed by atoms with E-state index in [0.29, 0.717) is 5.02 Å². The third-order valence-corrected chi connectivity index (χ3v) is 3.61. The zero-order valence-corrected chi connectivity index (χ0v) is 11.0. The van der Waals surface area contributed by atoms with Crippen LogP contribution in [0.25, 0.3) is 0 Å². The van der Waals surface area contributed by atoms with Gasteiger partial charge in [-0.15, -0.1) is 0 Å². The number of nitrogen functional groups attached to an aromatic ring is 1. The lowest BCUT2D eigenvalue weighted by atomic mass is 10.1. The van der Waals surface area contributed by atoms with Gasteiger partial charge in [0.1, 0.15) is 0 Å². The van der Waals surface area contributed by atoms with Crippen molar-refractivity contribution in [1.82, 2.24) is 4.90 Å². The van der Waals surface area contributed by atoms with E-state index in [1.54, 1.807) is 6.07 Å². The standard InChI is InChI=1S/C13H20ClN3/c1-17-7-5-10(9-17)4-6-16-13-3-2-11(14)8-12(13)15/h2-3,8,10,16H,4-7,9,15H2,1H3. The molecule has 0 saturated carbocycles. The Morgan fingerprint density at radius 1 is 1.53 bits per heavy atom. The summed E-state index contributed by atoms with van der Waals surface area (Å²) < 4.78 is 0. The Morgan fingerprint density at radius 3 is 3.00 bits per heavy atom. The summed E-state index contributed by atoms with van der Waals surface area (Å²) in [5.41, 5.74) is 7.59. The van der Waals surface area contributed by atoms with Crippen molar-refractivity contribution in [3.8, 4) is 0 Å². The predicted octanol–water partition coefficient (Wildman–Crippen LogP) is 2.68. The van der Waals surface area contributed by atoms with E-state index in [4.69, 9.17) is 17.3 Å². The van der Waals surface area contributed by atoms with Crippen molar-refractivity contribution in [1.29, 1.82) is 0 Å². The fraction of sp³-hybridized carbons (Fsp3) is 0.538. The van der Waals surface area contributed by atoms with Crippen molar-refractivity contribution in [3.05, 3.63) is 23.2 Å². The van der Waals surface area contributed by atoms with Crippen LogP contribution in [-0.2, 0) is 0 Å². The molecule has 0 radical (unpaired) electrons. The second kappa shape index (κ2) is 5.61. The quantitative estimate of drug-likeness (QED) is 0.811. The Morgan fingerprint density at radius 2 is 2.35 bits per heavy atom. The Kier molecular flexibility index (Phi) is 4.13. The van der Waals surface area contributed by atoms with Gasteiger partial charge in [-0.05, 0) is 50.6 Å². The molecule has 0 spiro atoms. The molecule has 3 nitrogen and oxygen atoms in total. The minimum absolute atomic E-state index is 0.686. The second-order valence-corrected chi connectivity index (χ2v) is 5.30. The first-order valence-electron chi connectivity index (χ1n) is 6.12. The molecule has 1 saturated heterocycles. The highest BCUT2D eigenvalue weighted by atomic mass is 35.5. The Labute approximate surface area is 108 Å². The molecule has 4 heteroatoms. The van der Waals surface area contributed by atoms with Gasteiger partial charge in [-0.1, -0.05) is 11.6 Å². The molecule has 1 unspecified atom stereocenters. The second-order valence-electron chi connectivity index (χ2n) is 4.86. The van der Waals surface area contributed by atoms with Gasteiger partial charge in [0.15, 0.2) is 0 Å². The number of hydrogen-bond acceptors (Lipinski definition) is 3. The summed E-state index contributed by atoms with van der Waals surface area (Å²) in [6, 6.07) is 5.59. The number of nitrogens with two attached hydrogens (primary N) is 1. The highest BCUT2D eigenvalue weighted by molar-refractivity contribution is 6.31. The number of halogens is 1. The van der Waals surface area contributed by atoms with Gasteiger partial charge in [-0.2, -0.15) is 0 Å². The molecule has 1 atom stereocenters. The molecule has 0 aliphatic carbocycles. The lowest BCUT2D eigenvalue weighted by Crippen LogP contribution is -2.16. The maximum Gasteiger partial charge on any atom is 0.0574 e. The average molecular weight is 254 g/mol. The first-order chi connectivity index (χ1) is 8.15. The van der Waals surface area contributed by atoms with Crippen LogP contribution in [0.5, 0.6) is 0 Å². The monoisotopic (exact) mass is 253 g/mol. The fourth-order valence-corrected chi connectivity index (χ4v) is 2.55. The summed E-state index contributed by atoms with van der Waals surface area (Å²) in [6.45, 7) is 3.43. The van der Waals surface area contributed by atoms with Crippen LogP contribution in [0.3, 0.4) is 0 Å². The summed E-state index contributed by atoms with van der Waals surface area (Å²) in [6.07, 6.45) is 2.51. The Balaban J connectivity index is 1.78. The van der Waals surface area contributed by atoms with Crippen LogP contribution in [0.2, 0.25) is 5.02 Å².